The van der Waals surface area contributed by atoms with Gasteiger partial charge in [-0.2, -0.15) is 5.06 Å². The van der Waals surface area contributed by atoms with Crippen LogP contribution in [0.3, 0.4) is 0 Å². The van der Waals surface area contributed by atoms with Gasteiger partial charge in [0.2, 0.25) is 0 Å². The molecule has 0 rings (SSSR count). The predicted octanol–water partition coefficient (Wildman–Crippen LogP) is 1.43. The molecule has 0 spiro atoms. The second-order valence-electron chi connectivity index (χ2n) is 1.76. The van der Waals surface area contributed by atoms with Crippen molar-refractivity contribution in [1.29, 1.82) is 0 Å². The highest BCUT2D eigenvalue weighted by molar-refractivity contribution is 4.75. The Kier molecular flexibility index (Phi) is 6.13. The monoisotopic (exact) mass is 140 g/mol. The Labute approximate surface area is 62.7 Å². The van der Waals surface area contributed by atoms with Gasteiger partial charge >= 0.3 is 0 Å². The number of rotatable bonds is 6. The maximum atomic E-state index is 5.10. The van der Waals surface area contributed by atoms with Crippen molar-refractivity contribution in [3.63, 3.8) is 0 Å². The van der Waals surface area contributed by atoms with Gasteiger partial charge in [0.05, 0.1) is 6.61 Å². The molecule has 0 aromatic carbocycles. The zero-order chi connectivity index (χ0) is 7.82. The highest BCUT2D eigenvalue weighted by atomic mass is 16.7. The van der Waals surface area contributed by atoms with Gasteiger partial charge in [-0.25, -0.2) is 0 Å². The van der Waals surface area contributed by atoms with E-state index in [4.69, 9.17) is 4.84 Å². The van der Waals surface area contributed by atoms with Crippen molar-refractivity contribution in [2.45, 2.75) is 0 Å². The van der Waals surface area contributed by atoms with Crippen molar-refractivity contribution in [3.05, 3.63) is 32.2 Å². The fourth-order valence-electron chi connectivity index (χ4n) is 0.597. The lowest BCUT2D eigenvalue weighted by atomic mass is 10.5. The summed E-state index contributed by atoms with van der Waals surface area (Å²) in [7, 11) is 0. The van der Waals surface area contributed by atoms with Crippen LogP contribution in [-0.4, -0.2) is 24.8 Å². The third kappa shape index (κ3) is 4.30. The standard InChI is InChI=1S/C8H14NO/c1-4-7-9(8-5-2)10-6-3/h4-5H,1-3,6-8H2. The molecular formula is C8H14NO. The molecule has 2 nitrogen and oxygen atoms in total. The van der Waals surface area contributed by atoms with Crippen molar-refractivity contribution in [1.82, 2.24) is 5.06 Å². The molecule has 2 heteroatoms. The summed E-state index contributed by atoms with van der Waals surface area (Å²) in [6.45, 7) is 12.6. The molecule has 10 heavy (non-hydrogen) atoms. The molecule has 0 N–H and O–H groups in total. The first-order chi connectivity index (χ1) is 4.85. The van der Waals surface area contributed by atoms with Crippen LogP contribution in [0.25, 0.3) is 0 Å². The molecule has 0 aliphatic heterocycles. The Bertz CT molecular complexity index is 91.4. The van der Waals surface area contributed by atoms with Crippen molar-refractivity contribution < 1.29 is 4.84 Å². The highest BCUT2D eigenvalue weighted by Crippen LogP contribution is 1.89. The van der Waals surface area contributed by atoms with E-state index in [1.165, 1.54) is 0 Å². The minimum atomic E-state index is 0.446. The van der Waals surface area contributed by atoms with Crippen molar-refractivity contribution >= 4 is 0 Å². The summed E-state index contributed by atoms with van der Waals surface area (Å²) in [4.78, 5) is 5.10. The van der Waals surface area contributed by atoms with Crippen LogP contribution in [-0.2, 0) is 4.84 Å². The summed E-state index contributed by atoms with van der Waals surface area (Å²) in [5.74, 6) is 0. The quantitative estimate of drug-likeness (QED) is 0.409. The van der Waals surface area contributed by atoms with E-state index in [0.29, 0.717) is 19.7 Å². The molecule has 0 bridgehead atoms. The zero-order valence-electron chi connectivity index (χ0n) is 6.25. The molecule has 0 aliphatic rings. The molecule has 0 heterocycles. The Balaban J connectivity index is 3.48. The minimum absolute atomic E-state index is 0.446. The number of nitrogens with zero attached hydrogens (tertiary/aromatic N) is 1. The van der Waals surface area contributed by atoms with Crippen LogP contribution in [0.15, 0.2) is 25.3 Å². The van der Waals surface area contributed by atoms with E-state index in [-0.39, 0.29) is 0 Å². The Morgan fingerprint density at radius 2 is 1.70 bits per heavy atom. The Morgan fingerprint density at radius 1 is 1.20 bits per heavy atom. The maximum absolute atomic E-state index is 5.10. The van der Waals surface area contributed by atoms with Gasteiger partial charge in [0.15, 0.2) is 0 Å². The molecule has 0 aromatic heterocycles. The van der Waals surface area contributed by atoms with Crippen LogP contribution >= 0.6 is 0 Å². The molecule has 0 saturated heterocycles. The summed E-state index contributed by atoms with van der Waals surface area (Å²) in [6.07, 6.45) is 3.55. The Morgan fingerprint density at radius 3 is 2.00 bits per heavy atom. The van der Waals surface area contributed by atoms with Gasteiger partial charge in [-0.15, -0.1) is 13.2 Å². The Hall–Kier alpha value is -0.600. The topological polar surface area (TPSA) is 12.5 Å². The molecule has 0 saturated carbocycles. The molecule has 0 aliphatic carbocycles. The molecule has 0 amide bonds. The minimum Gasteiger partial charge on any atom is -0.298 e. The summed E-state index contributed by atoms with van der Waals surface area (Å²) in [6, 6.07) is 0. The first-order valence-corrected chi connectivity index (χ1v) is 3.24. The average Bonchev–Trinajstić information content (AvgIpc) is 1.90. The SMILES string of the molecule is [CH2]CON(CC=C)CC=C. The molecular weight excluding hydrogens is 126 g/mol. The fraction of sp³-hybridized carbons (Fsp3) is 0.375. The van der Waals surface area contributed by atoms with E-state index in [2.05, 4.69) is 20.1 Å². The second-order valence-corrected chi connectivity index (χ2v) is 1.76. The van der Waals surface area contributed by atoms with Crippen molar-refractivity contribution in [3.8, 4) is 0 Å². The van der Waals surface area contributed by atoms with Crippen LogP contribution in [0.1, 0.15) is 0 Å². The van der Waals surface area contributed by atoms with Gasteiger partial charge in [0.1, 0.15) is 0 Å². The van der Waals surface area contributed by atoms with Gasteiger partial charge in [-0.05, 0) is 6.92 Å². The number of hydrogen-bond acceptors (Lipinski definition) is 2. The third-order valence-corrected chi connectivity index (χ3v) is 0.939. The molecule has 0 atom stereocenters. The lowest BCUT2D eigenvalue weighted by Crippen LogP contribution is -2.24. The first-order valence-electron chi connectivity index (χ1n) is 3.24. The molecule has 0 aromatic rings. The summed E-state index contributed by atoms with van der Waals surface area (Å²) >= 11 is 0. The van der Waals surface area contributed by atoms with Crippen molar-refractivity contribution in [2.24, 2.45) is 0 Å². The van der Waals surface area contributed by atoms with Crippen molar-refractivity contribution in [2.75, 3.05) is 19.7 Å². The van der Waals surface area contributed by atoms with Crippen LogP contribution in [0, 0.1) is 6.92 Å². The van der Waals surface area contributed by atoms with Gasteiger partial charge in [-0.3, -0.25) is 4.84 Å². The smallest absolute Gasteiger partial charge is 0.0686 e. The molecule has 0 fully saturated rings. The molecule has 0 unspecified atom stereocenters. The highest BCUT2D eigenvalue weighted by Gasteiger charge is 1.96. The number of hydroxylamine groups is 2. The van der Waals surface area contributed by atoms with Crippen LogP contribution in [0.5, 0.6) is 0 Å². The van der Waals surface area contributed by atoms with E-state index in [1.807, 2.05) is 0 Å². The molecule has 57 valence electrons. The second kappa shape index (κ2) is 6.52. The average molecular weight is 140 g/mol. The summed E-state index contributed by atoms with van der Waals surface area (Å²) in [5, 5.41) is 1.74. The van der Waals surface area contributed by atoms with Gasteiger partial charge < -0.3 is 0 Å². The third-order valence-electron chi connectivity index (χ3n) is 0.939. The van der Waals surface area contributed by atoms with E-state index in [9.17, 15) is 0 Å². The largest absolute Gasteiger partial charge is 0.298 e. The van der Waals surface area contributed by atoms with Crippen LogP contribution in [0.4, 0.5) is 0 Å². The van der Waals surface area contributed by atoms with E-state index in [1.54, 1.807) is 17.2 Å². The maximum Gasteiger partial charge on any atom is 0.0686 e. The van der Waals surface area contributed by atoms with Gasteiger partial charge in [-0.1, -0.05) is 12.2 Å². The molecule has 1 radical (unpaired) electrons. The van der Waals surface area contributed by atoms with Gasteiger partial charge in [0, 0.05) is 13.1 Å². The lowest BCUT2D eigenvalue weighted by molar-refractivity contribution is -0.132. The predicted molar refractivity (Wildman–Crippen MR) is 43.3 cm³/mol. The summed E-state index contributed by atoms with van der Waals surface area (Å²) < 4.78 is 0. The summed E-state index contributed by atoms with van der Waals surface area (Å²) in [5.41, 5.74) is 0. The van der Waals surface area contributed by atoms with Crippen LogP contribution < -0.4 is 0 Å². The first kappa shape index (κ1) is 9.40. The van der Waals surface area contributed by atoms with E-state index < -0.39 is 0 Å². The number of hydrogen-bond donors (Lipinski definition) is 0. The van der Waals surface area contributed by atoms with Gasteiger partial charge in [0.25, 0.3) is 0 Å². The van der Waals surface area contributed by atoms with Crippen LogP contribution in [0.2, 0.25) is 0 Å². The van der Waals surface area contributed by atoms with E-state index >= 15 is 0 Å². The fourth-order valence-corrected chi connectivity index (χ4v) is 0.597. The normalized spacial score (nSPS) is 9.80. The zero-order valence-corrected chi connectivity index (χ0v) is 6.25. The van der Waals surface area contributed by atoms with E-state index in [0.717, 1.165) is 0 Å². The lowest BCUT2D eigenvalue weighted by Gasteiger charge is -2.16.